The molecule has 0 spiro atoms. The van der Waals surface area contributed by atoms with E-state index in [-0.39, 0.29) is 33.7 Å². The van der Waals surface area contributed by atoms with Crippen molar-refractivity contribution in [2.45, 2.75) is 490 Å². The lowest BCUT2D eigenvalue weighted by molar-refractivity contribution is 0.301. The van der Waals surface area contributed by atoms with Crippen molar-refractivity contribution in [1.82, 2.24) is 10.6 Å². The van der Waals surface area contributed by atoms with Crippen molar-refractivity contribution in [3.8, 4) is 23.0 Å². The first kappa shape index (κ1) is 104. The van der Waals surface area contributed by atoms with Crippen molar-refractivity contribution in [1.29, 1.82) is 0 Å². The molecule has 8 bridgehead atoms. The number of hydrogen-bond donors (Lipinski definition) is 4. The molecule has 1 unspecified atom stereocenters. The van der Waals surface area contributed by atoms with Crippen molar-refractivity contribution in [2.24, 2.45) is 0 Å². The number of phenolic OH excluding ortho intramolecular Hbond substituents is 2. The van der Waals surface area contributed by atoms with Gasteiger partial charge in [-0.2, -0.15) is 0 Å². The topological polar surface area (TPSA) is 83.0 Å². The Kier molecular flexibility index (Phi) is 49.8. The Bertz CT molecular complexity index is 3390. The van der Waals surface area contributed by atoms with E-state index in [0.29, 0.717) is 63.5 Å². The Morgan fingerprint density at radius 2 is 0.443 bits per heavy atom. The maximum absolute atomic E-state index is 13.8. The highest BCUT2D eigenvalue weighted by Crippen LogP contribution is 2.47. The zero-order valence-electron chi connectivity index (χ0n) is 81.7. The lowest BCUT2D eigenvalue weighted by Gasteiger charge is -2.31. The number of unbranched alkanes of at least 4 members (excludes halogenated alkanes) is 44. The van der Waals surface area contributed by atoms with Gasteiger partial charge in [-0.05, 0) is 139 Å². The van der Waals surface area contributed by atoms with Gasteiger partial charge in [0.1, 0.15) is 36.2 Å². The van der Waals surface area contributed by atoms with Crippen molar-refractivity contribution in [3.63, 3.8) is 0 Å². The van der Waals surface area contributed by atoms with Gasteiger partial charge in [-0.1, -0.05) is 500 Å². The summed E-state index contributed by atoms with van der Waals surface area (Å²) in [5.74, 6) is 2.53. The third-order valence-corrected chi connectivity index (χ3v) is 28.5. The lowest BCUT2D eigenvalue weighted by Crippen LogP contribution is -2.25. The zero-order valence-corrected chi connectivity index (χ0v) is 81.7. The number of fused-ring (bicyclic) bond motifs is 8. The standard InChI is InChI=1S/C116H186N2O4/c1-15-19-23-27-31-35-39-43-47-51-55-65-73-113(7,8)105-85-97-81-101-89-107(115(11,12)75-67-57-53-49-45-41-37-33-29-25-21-17-3)91-103(111(101)121-79-77-117-93(5)95-69-61-59-62-70-95)83-99-87-106(114(9,10)74-66-56-52-48-44-40-36-32-28-24-20-16-2)88-100(110(99)120)84-104-92-108(116(13,14)76-68-58-54-50-46-42-38-34-30-26-22-18-4)90-102(82-98(86-105)109(97)119)112(104)122-80-78-118-94(6)96-71-63-60-64-72-96/h59-64,69-72,85-94,117-120H,15-58,65-68,73-84H2,1-14H3/t93-,94?/m0/s1. The summed E-state index contributed by atoms with van der Waals surface area (Å²) < 4.78 is 15.1. The Balaban J connectivity index is 1.39. The molecule has 684 valence electrons. The molecule has 0 radical (unpaired) electrons. The smallest absolute Gasteiger partial charge is 0.126 e. The third kappa shape index (κ3) is 38.2. The molecule has 0 aromatic heterocycles. The van der Waals surface area contributed by atoms with Crippen LogP contribution in [0.25, 0.3) is 0 Å². The largest absolute Gasteiger partial charge is 0.507 e. The van der Waals surface area contributed by atoms with Crippen LogP contribution in [0.3, 0.4) is 0 Å². The number of rotatable bonds is 68. The molecular formula is C116H186N2O4. The minimum atomic E-state index is -0.178. The molecule has 6 heteroatoms. The molecule has 122 heavy (non-hydrogen) atoms. The van der Waals surface area contributed by atoms with Crippen LogP contribution < -0.4 is 20.1 Å². The molecule has 0 heterocycles. The molecule has 1 aliphatic rings. The zero-order chi connectivity index (χ0) is 87.5. The number of hydrogen-bond acceptors (Lipinski definition) is 6. The molecule has 0 saturated heterocycles. The van der Waals surface area contributed by atoms with Crippen LogP contribution >= 0.6 is 0 Å². The van der Waals surface area contributed by atoms with Gasteiger partial charge < -0.3 is 30.3 Å². The minimum Gasteiger partial charge on any atom is -0.507 e. The molecule has 1 aliphatic carbocycles. The van der Waals surface area contributed by atoms with Crippen LogP contribution in [0.5, 0.6) is 23.0 Å². The van der Waals surface area contributed by atoms with E-state index in [9.17, 15) is 10.2 Å². The maximum Gasteiger partial charge on any atom is 0.126 e. The average Bonchev–Trinajstić information content (AvgIpc) is 0.760. The summed E-state index contributed by atoms with van der Waals surface area (Å²) in [6.45, 7) is 35.9. The van der Waals surface area contributed by atoms with Crippen LogP contribution in [-0.4, -0.2) is 36.5 Å². The predicted octanol–water partition coefficient (Wildman–Crippen LogP) is 34.7. The fourth-order valence-corrected chi connectivity index (χ4v) is 19.6. The summed E-state index contributed by atoms with van der Waals surface area (Å²) in [7, 11) is 0. The number of phenols is 2. The molecule has 6 nitrogen and oxygen atoms in total. The van der Waals surface area contributed by atoms with E-state index in [1.165, 1.54) is 342 Å². The second-order valence-electron chi connectivity index (χ2n) is 41.2. The Hall–Kier alpha value is -5.56. The van der Waals surface area contributed by atoms with E-state index in [4.69, 9.17) is 9.47 Å². The van der Waals surface area contributed by atoms with E-state index >= 15 is 0 Å². The highest BCUT2D eigenvalue weighted by atomic mass is 16.5. The first-order valence-corrected chi connectivity index (χ1v) is 52.0. The Morgan fingerprint density at radius 3 is 0.639 bits per heavy atom. The van der Waals surface area contributed by atoms with Gasteiger partial charge in [0, 0.05) is 50.9 Å². The van der Waals surface area contributed by atoms with Gasteiger partial charge in [0.2, 0.25) is 0 Å². The van der Waals surface area contributed by atoms with Crippen molar-refractivity contribution in [2.75, 3.05) is 26.3 Å². The van der Waals surface area contributed by atoms with Crippen molar-refractivity contribution in [3.05, 3.63) is 187 Å². The van der Waals surface area contributed by atoms with Gasteiger partial charge >= 0.3 is 0 Å². The second kappa shape index (κ2) is 58.7. The summed E-state index contributed by atoms with van der Waals surface area (Å²) >= 11 is 0. The Morgan fingerprint density at radius 1 is 0.262 bits per heavy atom. The Labute approximate surface area is 752 Å². The van der Waals surface area contributed by atoms with Gasteiger partial charge in [0.05, 0.1) is 0 Å². The molecule has 0 amide bonds. The number of nitrogens with one attached hydrogen (secondary N) is 2. The number of ether oxygens (including phenoxy) is 2. The summed E-state index contributed by atoms with van der Waals surface area (Å²) in [4.78, 5) is 0. The fourth-order valence-electron chi connectivity index (χ4n) is 19.6. The lowest BCUT2D eigenvalue weighted by atomic mass is 9.75. The van der Waals surface area contributed by atoms with Crippen LogP contribution in [0, 0.1) is 0 Å². The molecule has 6 aromatic rings. The highest BCUT2D eigenvalue weighted by molar-refractivity contribution is 5.60. The quantitative estimate of drug-likeness (QED) is 0.0285. The molecular weight excluding hydrogens is 1490 g/mol. The van der Waals surface area contributed by atoms with Crippen LogP contribution in [-0.2, 0) is 47.3 Å². The first-order valence-electron chi connectivity index (χ1n) is 52.0. The molecule has 2 atom stereocenters. The highest BCUT2D eigenvalue weighted by Gasteiger charge is 2.32. The molecule has 0 saturated carbocycles. The van der Waals surface area contributed by atoms with Crippen molar-refractivity contribution >= 4 is 0 Å². The van der Waals surface area contributed by atoms with Gasteiger partial charge in [-0.15, -0.1) is 0 Å². The van der Waals surface area contributed by atoms with E-state index in [0.717, 1.165) is 81.7 Å². The van der Waals surface area contributed by atoms with Gasteiger partial charge in [0.25, 0.3) is 0 Å². The van der Waals surface area contributed by atoms with Crippen LogP contribution in [0.1, 0.15) is 521 Å². The van der Waals surface area contributed by atoms with Gasteiger partial charge in [0.15, 0.2) is 0 Å². The van der Waals surface area contributed by atoms with Gasteiger partial charge in [-0.3, -0.25) is 0 Å². The second-order valence-corrected chi connectivity index (χ2v) is 41.2. The average molecular weight is 1670 g/mol. The van der Waals surface area contributed by atoms with E-state index < -0.39 is 0 Å². The third-order valence-electron chi connectivity index (χ3n) is 28.5. The fraction of sp³-hybridized carbons (Fsp3) is 0.690. The van der Waals surface area contributed by atoms with Gasteiger partial charge in [-0.25, -0.2) is 0 Å². The monoisotopic (exact) mass is 1670 g/mol. The SMILES string of the molecule is CCCCCCCCCCCCCCC(C)(C)c1cc2c(O)c(c1)Cc1cc(C(C)(C)CCCCCCCCCCCCCC)cc(c1OCCN[C@@H](C)c1ccccc1)Cc1cc(C(C)(C)CCCCCCCCCCCCCC)cc(c1O)Cc1cc(C(C)(C)CCCCCCCCCCCCCC)cc(c1OCCNC(C)c1ccccc1)C2. The number of benzene rings is 6. The summed E-state index contributed by atoms with van der Waals surface area (Å²) in [5.41, 5.74) is 15.2. The van der Waals surface area contributed by atoms with E-state index in [2.05, 4.69) is 217 Å². The summed E-state index contributed by atoms with van der Waals surface area (Å²) in [6, 6.07) is 41.5. The summed E-state index contributed by atoms with van der Waals surface area (Å²) in [5, 5.41) is 35.4. The molecule has 0 fully saturated rings. The normalized spacial score (nSPS) is 13.3. The maximum atomic E-state index is 13.8. The van der Waals surface area contributed by atoms with Crippen LogP contribution in [0.4, 0.5) is 0 Å². The molecule has 7 rings (SSSR count). The van der Waals surface area contributed by atoms with Crippen molar-refractivity contribution < 1.29 is 19.7 Å². The van der Waals surface area contributed by atoms with Crippen LogP contribution in [0.2, 0.25) is 0 Å². The summed E-state index contributed by atoms with van der Waals surface area (Å²) in [6.07, 6.45) is 70.1. The molecule has 4 N–H and O–H groups in total. The number of aromatic hydroxyl groups is 2. The van der Waals surface area contributed by atoms with Crippen LogP contribution in [0.15, 0.2) is 109 Å². The minimum absolute atomic E-state index is 0.139. The molecule has 6 aromatic carbocycles. The first-order chi connectivity index (χ1) is 59.1. The predicted molar refractivity (Wildman–Crippen MR) is 532 cm³/mol. The van der Waals surface area contributed by atoms with E-state index in [1.54, 1.807) is 0 Å². The molecule has 0 aliphatic heterocycles. The van der Waals surface area contributed by atoms with E-state index in [1.807, 2.05) is 0 Å².